The van der Waals surface area contributed by atoms with Crippen LogP contribution in [0.1, 0.15) is 11.1 Å². The summed E-state index contributed by atoms with van der Waals surface area (Å²) >= 11 is 0. The summed E-state index contributed by atoms with van der Waals surface area (Å²) in [4.78, 5) is 14.5. The largest absolute Gasteiger partial charge is 0.497 e. The minimum atomic E-state index is -4.13. The smallest absolute Gasteiger partial charge is 0.339 e. The zero-order valence-electron chi connectivity index (χ0n) is 18.9. The third-order valence-electron chi connectivity index (χ3n) is 5.01. The summed E-state index contributed by atoms with van der Waals surface area (Å²) < 4.78 is 53.7. The highest BCUT2D eigenvalue weighted by molar-refractivity contribution is 7.87. The van der Waals surface area contributed by atoms with Gasteiger partial charge in [-0.3, -0.25) is 4.79 Å². The number of ether oxygens (including phenoxy) is 2. The highest BCUT2D eigenvalue weighted by atomic mass is 32.2. The van der Waals surface area contributed by atoms with E-state index >= 15 is 0 Å². The molecule has 0 unspecified atom stereocenters. The normalized spacial score (nSPS) is 11.1. The van der Waals surface area contributed by atoms with Crippen LogP contribution in [-0.4, -0.2) is 46.6 Å². The molecule has 0 aromatic heterocycles. The second-order valence-electron chi connectivity index (χ2n) is 7.47. The average molecular weight is 488 g/mol. The quantitative estimate of drug-likeness (QED) is 0.383. The Hall–Kier alpha value is -3.43. The molecule has 0 saturated heterocycles. The van der Waals surface area contributed by atoms with E-state index in [9.17, 15) is 17.6 Å². The molecule has 3 rings (SSSR count). The minimum absolute atomic E-state index is 0.0936. The van der Waals surface area contributed by atoms with Gasteiger partial charge in [0.2, 0.25) is 5.91 Å². The van der Waals surface area contributed by atoms with Crippen LogP contribution >= 0.6 is 0 Å². The molecule has 0 radical (unpaired) electrons. The first-order chi connectivity index (χ1) is 16.3. The molecular weight excluding hydrogens is 461 g/mol. The van der Waals surface area contributed by atoms with E-state index in [-0.39, 0.29) is 29.5 Å². The number of nitrogens with zero attached hydrogens (tertiary/aromatic N) is 1. The summed E-state index contributed by atoms with van der Waals surface area (Å²) in [5, 5.41) is 0. The van der Waals surface area contributed by atoms with Crippen molar-refractivity contribution in [1.82, 2.24) is 4.90 Å². The van der Waals surface area contributed by atoms with Crippen molar-refractivity contribution in [2.24, 2.45) is 0 Å². The third kappa shape index (κ3) is 7.03. The molecule has 0 aliphatic rings. The predicted molar refractivity (Wildman–Crippen MR) is 125 cm³/mol. The number of carbonyl (C=O) groups excluding carboxylic acids is 1. The van der Waals surface area contributed by atoms with Gasteiger partial charge in [0.05, 0.1) is 20.1 Å². The van der Waals surface area contributed by atoms with Crippen LogP contribution in [0.2, 0.25) is 0 Å². The second-order valence-corrected chi connectivity index (χ2v) is 9.02. The molecule has 0 N–H and O–H groups in total. The van der Waals surface area contributed by atoms with Crippen molar-refractivity contribution in [2.45, 2.75) is 17.9 Å². The fraction of sp³-hybridized carbons (Fsp3) is 0.240. The standard InChI is InChI=1S/C25H26FNO6S/c1-31-15-14-27(25(28)17-19-6-10-22(32-2)11-7-19)18-20-4-3-5-23(16-20)33-34(29,30)24-12-8-21(26)9-13-24/h3-13,16H,14-15,17-18H2,1-2H3. The van der Waals surface area contributed by atoms with Gasteiger partial charge < -0.3 is 18.6 Å². The number of amides is 1. The van der Waals surface area contributed by atoms with Gasteiger partial charge in [0.15, 0.2) is 0 Å². The lowest BCUT2D eigenvalue weighted by atomic mass is 10.1. The average Bonchev–Trinajstić information content (AvgIpc) is 2.82. The summed E-state index contributed by atoms with van der Waals surface area (Å²) in [6.45, 7) is 0.958. The lowest BCUT2D eigenvalue weighted by Gasteiger charge is -2.23. The maximum Gasteiger partial charge on any atom is 0.339 e. The van der Waals surface area contributed by atoms with Crippen LogP contribution in [0.5, 0.6) is 11.5 Å². The minimum Gasteiger partial charge on any atom is -0.497 e. The van der Waals surface area contributed by atoms with E-state index in [0.29, 0.717) is 24.5 Å². The Bertz CT molecular complexity index is 1200. The number of halogens is 1. The lowest BCUT2D eigenvalue weighted by Crippen LogP contribution is -2.34. The van der Waals surface area contributed by atoms with Gasteiger partial charge in [0.1, 0.15) is 22.2 Å². The Kier molecular flexibility index (Phi) is 8.61. The van der Waals surface area contributed by atoms with E-state index in [4.69, 9.17) is 13.7 Å². The molecule has 3 aromatic rings. The SMILES string of the molecule is COCCN(Cc1cccc(OS(=O)(=O)c2ccc(F)cc2)c1)C(=O)Cc1ccc(OC)cc1. The Balaban J connectivity index is 1.73. The van der Waals surface area contributed by atoms with Crippen molar-refractivity contribution in [3.63, 3.8) is 0 Å². The highest BCUT2D eigenvalue weighted by Gasteiger charge is 2.18. The Labute approximate surface area is 198 Å². The second kappa shape index (κ2) is 11.6. The molecule has 1 amide bonds. The van der Waals surface area contributed by atoms with Gasteiger partial charge in [-0.1, -0.05) is 24.3 Å². The molecular formula is C25H26FNO6S. The van der Waals surface area contributed by atoms with Crippen molar-refractivity contribution in [3.05, 3.63) is 89.7 Å². The van der Waals surface area contributed by atoms with Crippen molar-refractivity contribution < 1.29 is 31.3 Å². The molecule has 34 heavy (non-hydrogen) atoms. The molecule has 3 aromatic carbocycles. The van der Waals surface area contributed by atoms with Crippen LogP contribution in [0.15, 0.2) is 77.7 Å². The first kappa shape index (κ1) is 25.2. The lowest BCUT2D eigenvalue weighted by molar-refractivity contribution is -0.131. The van der Waals surface area contributed by atoms with Crippen molar-refractivity contribution >= 4 is 16.0 Å². The van der Waals surface area contributed by atoms with Crippen LogP contribution in [0.25, 0.3) is 0 Å². The number of hydrogen-bond acceptors (Lipinski definition) is 6. The topological polar surface area (TPSA) is 82.1 Å². The summed E-state index contributed by atoms with van der Waals surface area (Å²) in [6.07, 6.45) is 0.197. The van der Waals surface area contributed by atoms with Gasteiger partial charge >= 0.3 is 10.1 Å². The summed E-state index contributed by atoms with van der Waals surface area (Å²) in [7, 11) is -0.995. The molecule has 0 bridgehead atoms. The first-order valence-electron chi connectivity index (χ1n) is 10.5. The third-order valence-corrected chi connectivity index (χ3v) is 6.27. The van der Waals surface area contributed by atoms with E-state index in [1.165, 1.54) is 6.07 Å². The summed E-state index contributed by atoms with van der Waals surface area (Å²) in [6, 6.07) is 18.1. The van der Waals surface area contributed by atoms with Crippen molar-refractivity contribution in [1.29, 1.82) is 0 Å². The highest BCUT2D eigenvalue weighted by Crippen LogP contribution is 2.21. The number of hydrogen-bond donors (Lipinski definition) is 0. The van der Waals surface area contributed by atoms with Gasteiger partial charge in [-0.25, -0.2) is 4.39 Å². The van der Waals surface area contributed by atoms with Crippen LogP contribution < -0.4 is 8.92 Å². The van der Waals surface area contributed by atoms with Crippen LogP contribution in [0, 0.1) is 5.82 Å². The summed E-state index contributed by atoms with van der Waals surface area (Å²) in [5.41, 5.74) is 1.53. The molecule has 0 aliphatic carbocycles. The number of carbonyl (C=O) groups is 1. The zero-order valence-corrected chi connectivity index (χ0v) is 19.8. The zero-order chi connectivity index (χ0) is 24.6. The molecule has 0 aliphatic heterocycles. The van der Waals surface area contributed by atoms with E-state index in [1.807, 2.05) is 12.1 Å². The Morgan fingerprint density at radius 2 is 1.62 bits per heavy atom. The Morgan fingerprint density at radius 1 is 0.912 bits per heavy atom. The number of benzene rings is 3. The molecule has 0 saturated carbocycles. The van der Waals surface area contributed by atoms with E-state index in [1.54, 1.807) is 49.5 Å². The molecule has 0 atom stereocenters. The maximum atomic E-state index is 13.1. The van der Waals surface area contributed by atoms with E-state index in [0.717, 1.165) is 29.8 Å². The van der Waals surface area contributed by atoms with Crippen molar-refractivity contribution in [2.75, 3.05) is 27.4 Å². The molecule has 180 valence electrons. The van der Waals surface area contributed by atoms with E-state index < -0.39 is 15.9 Å². The molecule has 0 spiro atoms. The molecule has 0 heterocycles. The predicted octanol–water partition coefficient (Wildman–Crippen LogP) is 3.82. The van der Waals surface area contributed by atoms with Gasteiger partial charge in [0.25, 0.3) is 0 Å². The molecule has 0 fully saturated rings. The van der Waals surface area contributed by atoms with E-state index in [2.05, 4.69) is 0 Å². The van der Waals surface area contributed by atoms with Gasteiger partial charge in [0, 0.05) is 20.2 Å². The van der Waals surface area contributed by atoms with Crippen LogP contribution in [0.4, 0.5) is 4.39 Å². The monoisotopic (exact) mass is 487 g/mol. The van der Waals surface area contributed by atoms with Gasteiger partial charge in [-0.2, -0.15) is 8.42 Å². The van der Waals surface area contributed by atoms with Gasteiger partial charge in [-0.15, -0.1) is 0 Å². The van der Waals surface area contributed by atoms with Crippen LogP contribution in [-0.2, 0) is 32.6 Å². The fourth-order valence-corrected chi connectivity index (χ4v) is 4.14. The maximum absolute atomic E-state index is 13.1. The molecule has 7 nitrogen and oxygen atoms in total. The fourth-order valence-electron chi connectivity index (χ4n) is 3.22. The first-order valence-corrected chi connectivity index (χ1v) is 11.9. The molecule has 9 heteroatoms. The van der Waals surface area contributed by atoms with Crippen LogP contribution in [0.3, 0.4) is 0 Å². The summed E-state index contributed by atoms with van der Waals surface area (Å²) in [5.74, 6) is 0.153. The van der Waals surface area contributed by atoms with Gasteiger partial charge in [-0.05, 0) is 59.7 Å². The number of methoxy groups -OCH3 is 2. The van der Waals surface area contributed by atoms with Crippen molar-refractivity contribution in [3.8, 4) is 11.5 Å². The number of rotatable bonds is 11. The Morgan fingerprint density at radius 3 is 2.26 bits per heavy atom.